The quantitative estimate of drug-likeness (QED) is 0.0973. The van der Waals surface area contributed by atoms with Gasteiger partial charge in [-0.05, 0) is 73.5 Å². The SMILES string of the molecule is CCC(C)c1cccc([C@H](O)[C@@H](C)NC(=O)[C@H](C)[C@@H](OC)[C@@H]2CCCN2C(=O)C[C@@H](OC)[C@H]([C@@H](C)CC)N(C)C(=O)[C@@H](NC(=O)[C@H](C(C)C)N(C)C(=O)OCc2ccc(C)cc2)C(C)C)c1. The Bertz CT molecular complexity index is 1870. The highest BCUT2D eigenvalue weighted by Gasteiger charge is 2.44. The summed E-state index contributed by atoms with van der Waals surface area (Å²) in [6.07, 6.45) is 0.0965. The number of aliphatic hydroxyl groups is 1. The Morgan fingerprint density at radius 3 is 2.02 bits per heavy atom. The zero-order chi connectivity index (χ0) is 49.6. The Balaban J connectivity index is 1.75. The summed E-state index contributed by atoms with van der Waals surface area (Å²) in [6, 6.07) is 12.1. The van der Waals surface area contributed by atoms with E-state index in [1.807, 2.05) is 90.9 Å². The molecule has 14 nitrogen and oxygen atoms in total. The molecule has 1 fully saturated rings. The average Bonchev–Trinajstić information content (AvgIpc) is 3.78. The van der Waals surface area contributed by atoms with Crippen molar-refractivity contribution in [1.82, 2.24) is 25.3 Å². The second kappa shape index (κ2) is 26.1. The highest BCUT2D eigenvalue weighted by atomic mass is 16.6. The van der Waals surface area contributed by atoms with Crippen molar-refractivity contribution in [3.05, 3.63) is 70.8 Å². The van der Waals surface area contributed by atoms with Crippen LogP contribution in [0.25, 0.3) is 0 Å². The maximum Gasteiger partial charge on any atom is 0.410 e. The fourth-order valence-corrected chi connectivity index (χ4v) is 9.26. The van der Waals surface area contributed by atoms with Crippen LogP contribution in [-0.4, -0.2) is 127 Å². The molecule has 3 rings (SSSR count). The van der Waals surface area contributed by atoms with Gasteiger partial charge < -0.3 is 39.8 Å². The maximum atomic E-state index is 14.6. The molecule has 5 amide bonds. The van der Waals surface area contributed by atoms with Crippen molar-refractivity contribution < 1.29 is 43.3 Å². The molecule has 370 valence electrons. The van der Waals surface area contributed by atoms with Crippen molar-refractivity contribution in [2.24, 2.45) is 23.7 Å². The van der Waals surface area contributed by atoms with E-state index in [2.05, 4.69) is 30.5 Å². The normalized spacial score (nSPS) is 18.6. The van der Waals surface area contributed by atoms with Crippen LogP contribution in [-0.2, 0) is 40.0 Å². The minimum absolute atomic E-state index is 0.0286. The Labute approximate surface area is 395 Å². The third kappa shape index (κ3) is 14.5. The molecule has 0 saturated carbocycles. The first-order valence-electron chi connectivity index (χ1n) is 24.1. The van der Waals surface area contributed by atoms with Gasteiger partial charge >= 0.3 is 6.09 Å². The number of carbonyl (C=O) groups excluding carboxylic acids is 5. The number of hydrogen-bond acceptors (Lipinski definition) is 9. The molecule has 1 saturated heterocycles. The summed E-state index contributed by atoms with van der Waals surface area (Å²) in [5.41, 5.74) is 3.78. The second-order valence-corrected chi connectivity index (χ2v) is 19.4. The lowest BCUT2D eigenvalue weighted by Gasteiger charge is -2.41. The molecule has 1 aliphatic heterocycles. The number of likely N-dealkylation sites (N-methyl/N-ethyl adjacent to an activating group) is 2. The van der Waals surface area contributed by atoms with Crippen molar-refractivity contribution >= 4 is 29.7 Å². The summed E-state index contributed by atoms with van der Waals surface area (Å²) < 4.78 is 17.6. The average molecular weight is 922 g/mol. The number of carbonyl (C=O) groups is 5. The molecule has 0 aliphatic carbocycles. The van der Waals surface area contributed by atoms with Gasteiger partial charge in [-0.25, -0.2) is 4.79 Å². The van der Waals surface area contributed by atoms with Crippen LogP contribution in [0.1, 0.15) is 136 Å². The first kappa shape index (κ1) is 55.8. The van der Waals surface area contributed by atoms with Crippen LogP contribution in [0.4, 0.5) is 4.79 Å². The fourth-order valence-electron chi connectivity index (χ4n) is 9.26. The van der Waals surface area contributed by atoms with Gasteiger partial charge in [-0.2, -0.15) is 0 Å². The number of amides is 5. The van der Waals surface area contributed by atoms with Crippen LogP contribution < -0.4 is 10.6 Å². The summed E-state index contributed by atoms with van der Waals surface area (Å²) >= 11 is 0. The highest BCUT2D eigenvalue weighted by molar-refractivity contribution is 5.91. The van der Waals surface area contributed by atoms with Crippen LogP contribution in [0.2, 0.25) is 0 Å². The number of ether oxygens (including phenoxy) is 3. The second-order valence-electron chi connectivity index (χ2n) is 19.4. The molecular formula is C52H83N5O9. The van der Waals surface area contributed by atoms with Gasteiger partial charge in [-0.3, -0.25) is 24.1 Å². The van der Waals surface area contributed by atoms with Gasteiger partial charge in [0.1, 0.15) is 18.7 Å². The van der Waals surface area contributed by atoms with E-state index >= 15 is 0 Å². The number of methoxy groups -OCH3 is 2. The number of rotatable bonds is 24. The Kier molecular flexibility index (Phi) is 22.1. The van der Waals surface area contributed by atoms with Crippen molar-refractivity contribution in [2.75, 3.05) is 34.9 Å². The largest absolute Gasteiger partial charge is 0.445 e. The molecule has 1 unspecified atom stereocenters. The maximum absolute atomic E-state index is 14.6. The van der Waals surface area contributed by atoms with Gasteiger partial charge in [-0.1, -0.05) is 123 Å². The van der Waals surface area contributed by atoms with E-state index in [0.29, 0.717) is 25.3 Å². The third-order valence-electron chi connectivity index (χ3n) is 13.9. The van der Waals surface area contributed by atoms with E-state index in [0.717, 1.165) is 35.1 Å². The molecule has 66 heavy (non-hydrogen) atoms. The van der Waals surface area contributed by atoms with Crippen LogP contribution in [0.3, 0.4) is 0 Å². The molecule has 14 heteroatoms. The first-order chi connectivity index (χ1) is 31.1. The fraction of sp³-hybridized carbons (Fsp3) is 0.673. The smallest absolute Gasteiger partial charge is 0.410 e. The molecule has 2 aromatic rings. The van der Waals surface area contributed by atoms with Gasteiger partial charge in [0.2, 0.25) is 23.6 Å². The first-order valence-corrected chi connectivity index (χ1v) is 24.1. The van der Waals surface area contributed by atoms with Gasteiger partial charge in [0.25, 0.3) is 0 Å². The molecule has 0 radical (unpaired) electrons. The molecule has 0 aromatic heterocycles. The van der Waals surface area contributed by atoms with Crippen LogP contribution in [0.5, 0.6) is 0 Å². The number of benzene rings is 2. The van der Waals surface area contributed by atoms with E-state index < -0.39 is 60.4 Å². The number of nitrogens with zero attached hydrogens (tertiary/aromatic N) is 3. The predicted molar refractivity (Wildman–Crippen MR) is 258 cm³/mol. The predicted octanol–water partition coefficient (Wildman–Crippen LogP) is 7.40. The van der Waals surface area contributed by atoms with Crippen LogP contribution in [0, 0.1) is 30.6 Å². The zero-order valence-electron chi connectivity index (χ0n) is 42.6. The highest BCUT2D eigenvalue weighted by Crippen LogP contribution is 2.31. The van der Waals surface area contributed by atoms with Crippen molar-refractivity contribution in [3.63, 3.8) is 0 Å². The zero-order valence-corrected chi connectivity index (χ0v) is 42.6. The lowest BCUT2D eigenvalue weighted by atomic mass is 9.89. The standard InChI is InChI=1S/C52H83N5O9/c1-16-34(8)39-20-18-21-40(28-39)47(59)37(11)53-49(60)36(10)48(65-15)41-22-19-27-57(41)43(58)29-42(64-14)46(35(9)17-2)55(12)51(62)44(31(3)4)54-50(61)45(32(5)6)56(13)52(63)66-30-38-25-23-33(7)24-26-38/h18,20-21,23-26,28,31-32,34-37,41-42,44-48,59H,16-17,19,22,27,29-30H2,1-15H3,(H,53,60)(H,54,61)/t34?,35-,36+,37+,41-,42+,44-,45-,46-,47+,48+/m0/s1. The Morgan fingerprint density at radius 2 is 1.45 bits per heavy atom. The van der Waals surface area contributed by atoms with Crippen LogP contribution in [0.15, 0.2) is 48.5 Å². The van der Waals surface area contributed by atoms with E-state index in [9.17, 15) is 29.1 Å². The Hall–Kier alpha value is -4.53. The van der Waals surface area contributed by atoms with Gasteiger partial charge in [-0.15, -0.1) is 0 Å². The molecule has 1 aliphatic rings. The number of aryl methyl sites for hydroxylation is 1. The summed E-state index contributed by atoms with van der Waals surface area (Å²) in [5.74, 6) is -2.31. The molecule has 11 atom stereocenters. The monoisotopic (exact) mass is 922 g/mol. The van der Waals surface area contributed by atoms with Gasteiger partial charge in [0, 0.05) is 34.9 Å². The number of hydrogen-bond donors (Lipinski definition) is 3. The van der Waals surface area contributed by atoms with Crippen molar-refractivity contribution in [3.8, 4) is 0 Å². The van der Waals surface area contributed by atoms with E-state index in [4.69, 9.17) is 14.2 Å². The lowest BCUT2D eigenvalue weighted by molar-refractivity contribution is -0.148. The van der Waals surface area contributed by atoms with Gasteiger partial charge in [0.05, 0.1) is 48.8 Å². The molecule has 0 spiro atoms. The summed E-state index contributed by atoms with van der Waals surface area (Å²) in [7, 11) is 6.30. The summed E-state index contributed by atoms with van der Waals surface area (Å²) in [5, 5.41) is 17.2. The molecule has 3 N–H and O–H groups in total. The number of likely N-dealkylation sites (tertiary alicyclic amines) is 1. The van der Waals surface area contributed by atoms with Crippen molar-refractivity contribution in [2.45, 2.75) is 169 Å². The molecule has 0 bridgehead atoms. The molecular weight excluding hydrogens is 839 g/mol. The molecule has 1 heterocycles. The summed E-state index contributed by atoms with van der Waals surface area (Å²) in [4.78, 5) is 74.7. The van der Waals surface area contributed by atoms with Gasteiger partial charge in [0.15, 0.2) is 0 Å². The van der Waals surface area contributed by atoms with Crippen molar-refractivity contribution in [1.29, 1.82) is 0 Å². The third-order valence-corrected chi connectivity index (χ3v) is 13.9. The molecule has 2 aromatic carbocycles. The Morgan fingerprint density at radius 1 is 0.818 bits per heavy atom. The van der Waals surface area contributed by atoms with E-state index in [-0.39, 0.29) is 54.5 Å². The minimum atomic E-state index is -0.947. The van der Waals surface area contributed by atoms with E-state index in [1.54, 1.807) is 37.8 Å². The lowest BCUT2D eigenvalue weighted by Crippen LogP contribution is -2.60. The number of aliphatic hydroxyl groups excluding tert-OH is 1. The topological polar surface area (TPSA) is 167 Å². The number of nitrogens with one attached hydrogen (secondary N) is 2. The summed E-state index contributed by atoms with van der Waals surface area (Å²) in [6.45, 7) is 21.8. The van der Waals surface area contributed by atoms with Crippen LogP contribution >= 0.6 is 0 Å². The minimum Gasteiger partial charge on any atom is -0.445 e. The van der Waals surface area contributed by atoms with E-state index in [1.165, 1.54) is 19.1 Å².